The van der Waals surface area contributed by atoms with Crippen LogP contribution in [0.25, 0.3) is 0 Å². The lowest BCUT2D eigenvalue weighted by Gasteiger charge is -2.10. The van der Waals surface area contributed by atoms with Crippen LogP contribution in [0.3, 0.4) is 0 Å². The molecule has 0 radical (unpaired) electrons. The summed E-state index contributed by atoms with van der Waals surface area (Å²) < 4.78 is 5.90. The molecule has 2 N–H and O–H groups in total. The number of carbonyl (C=O) groups excluding carboxylic acids is 1. The highest BCUT2D eigenvalue weighted by atomic mass is 16.5. The van der Waals surface area contributed by atoms with Gasteiger partial charge in [0.1, 0.15) is 5.75 Å². The number of benzene rings is 2. The first kappa shape index (κ1) is 16.8. The first-order valence-electron chi connectivity index (χ1n) is 8.58. The lowest BCUT2D eigenvalue weighted by molar-refractivity contribution is 0.102. The summed E-state index contributed by atoms with van der Waals surface area (Å²) in [5.41, 5.74) is 3.75. The van der Waals surface area contributed by atoms with Crippen molar-refractivity contribution in [3.63, 3.8) is 0 Å². The second-order valence-corrected chi connectivity index (χ2v) is 6.14. The van der Waals surface area contributed by atoms with Crippen LogP contribution in [0.2, 0.25) is 0 Å². The number of carbonyl (C=O) groups is 1. The molecule has 0 atom stereocenters. The van der Waals surface area contributed by atoms with Crippen molar-refractivity contribution in [2.75, 3.05) is 5.32 Å². The van der Waals surface area contributed by atoms with E-state index in [9.17, 15) is 4.79 Å². The van der Waals surface area contributed by atoms with Gasteiger partial charge in [0.15, 0.2) is 0 Å². The smallest absolute Gasteiger partial charge is 0.255 e. The highest BCUT2D eigenvalue weighted by Crippen LogP contribution is 2.33. The Balaban J connectivity index is 1.48. The molecule has 0 fully saturated rings. The number of aromatic nitrogens is 1. The molecular weight excluding hydrogens is 342 g/mol. The summed E-state index contributed by atoms with van der Waals surface area (Å²) in [6, 6.07) is 18.1. The zero-order chi connectivity index (χ0) is 18.6. The number of oxime groups is 1. The molecule has 6 heteroatoms. The van der Waals surface area contributed by atoms with Crippen LogP contribution in [0.15, 0.2) is 72.0 Å². The van der Waals surface area contributed by atoms with Gasteiger partial charge in [-0.15, -0.1) is 0 Å². The highest BCUT2D eigenvalue weighted by Gasteiger charge is 2.22. The molecule has 0 bridgehead atoms. The molecule has 6 nitrogen and oxygen atoms in total. The third kappa shape index (κ3) is 3.50. The minimum atomic E-state index is -0.192. The molecule has 1 aromatic heterocycles. The third-order valence-corrected chi connectivity index (χ3v) is 4.42. The monoisotopic (exact) mass is 359 g/mol. The van der Waals surface area contributed by atoms with Crippen LogP contribution in [0.4, 0.5) is 5.69 Å². The van der Waals surface area contributed by atoms with Gasteiger partial charge in [-0.1, -0.05) is 35.5 Å². The van der Waals surface area contributed by atoms with Gasteiger partial charge in [0, 0.05) is 22.8 Å². The van der Waals surface area contributed by atoms with Crippen LogP contribution in [-0.4, -0.2) is 21.8 Å². The molecule has 0 unspecified atom stereocenters. The fraction of sp³-hybridized carbons (Fsp3) is 0.0952. The van der Waals surface area contributed by atoms with E-state index in [0.717, 1.165) is 17.5 Å². The molecule has 1 amide bonds. The molecule has 0 spiro atoms. The van der Waals surface area contributed by atoms with E-state index < -0.39 is 0 Å². The number of ether oxygens (including phenoxy) is 1. The number of nitrogens with one attached hydrogen (secondary N) is 1. The van der Waals surface area contributed by atoms with Crippen molar-refractivity contribution < 1.29 is 14.7 Å². The van der Waals surface area contributed by atoms with Gasteiger partial charge in [-0.3, -0.25) is 4.79 Å². The molecule has 1 heterocycles. The number of hydrogen-bond donors (Lipinski definition) is 2. The second-order valence-electron chi connectivity index (χ2n) is 6.14. The summed E-state index contributed by atoms with van der Waals surface area (Å²) in [6.07, 6.45) is 3.00. The average molecular weight is 359 g/mol. The Bertz CT molecular complexity index is 999. The van der Waals surface area contributed by atoms with Crippen LogP contribution in [0, 0.1) is 0 Å². The minimum Gasteiger partial charge on any atom is -0.439 e. The van der Waals surface area contributed by atoms with E-state index >= 15 is 0 Å². The SMILES string of the molecule is O=C(Nc1ccc(Oc2cccc3c2CC/C3=N\O)nc1)c1ccccc1. The second kappa shape index (κ2) is 7.29. The van der Waals surface area contributed by atoms with Crippen molar-refractivity contribution in [3.05, 3.63) is 83.6 Å². The van der Waals surface area contributed by atoms with Crippen LogP contribution < -0.4 is 10.1 Å². The van der Waals surface area contributed by atoms with Gasteiger partial charge >= 0.3 is 0 Å². The number of fused-ring (bicyclic) bond motifs is 1. The largest absolute Gasteiger partial charge is 0.439 e. The Kier molecular flexibility index (Phi) is 4.53. The van der Waals surface area contributed by atoms with E-state index in [0.29, 0.717) is 35.0 Å². The van der Waals surface area contributed by atoms with Crippen molar-refractivity contribution in [3.8, 4) is 11.6 Å². The summed E-state index contributed by atoms with van der Waals surface area (Å²) in [5.74, 6) is 0.929. The van der Waals surface area contributed by atoms with Gasteiger partial charge in [-0.05, 0) is 37.1 Å². The Labute approximate surface area is 156 Å². The molecule has 4 rings (SSSR count). The Hall–Kier alpha value is -3.67. The topological polar surface area (TPSA) is 83.8 Å². The molecule has 1 aliphatic rings. The zero-order valence-electron chi connectivity index (χ0n) is 14.4. The molecule has 3 aromatic rings. The molecular formula is C21H17N3O3. The van der Waals surface area contributed by atoms with Crippen molar-refractivity contribution in [2.24, 2.45) is 5.16 Å². The van der Waals surface area contributed by atoms with Gasteiger partial charge in [-0.25, -0.2) is 4.98 Å². The van der Waals surface area contributed by atoms with Gasteiger partial charge < -0.3 is 15.3 Å². The number of amides is 1. The van der Waals surface area contributed by atoms with Crippen molar-refractivity contribution >= 4 is 17.3 Å². The summed E-state index contributed by atoms with van der Waals surface area (Å²) >= 11 is 0. The number of rotatable bonds is 4. The molecule has 134 valence electrons. The average Bonchev–Trinajstić information content (AvgIpc) is 3.14. The van der Waals surface area contributed by atoms with E-state index in [2.05, 4.69) is 15.5 Å². The van der Waals surface area contributed by atoms with Crippen molar-refractivity contribution in [1.29, 1.82) is 0 Å². The lowest BCUT2D eigenvalue weighted by Crippen LogP contribution is -2.11. The van der Waals surface area contributed by atoms with Gasteiger partial charge in [0.2, 0.25) is 5.88 Å². The van der Waals surface area contributed by atoms with E-state index in [1.54, 1.807) is 30.5 Å². The summed E-state index contributed by atoms with van der Waals surface area (Å²) in [7, 11) is 0. The van der Waals surface area contributed by atoms with E-state index in [-0.39, 0.29) is 5.91 Å². The number of anilines is 1. The van der Waals surface area contributed by atoms with Crippen LogP contribution in [0.1, 0.15) is 27.9 Å². The van der Waals surface area contributed by atoms with Crippen LogP contribution in [-0.2, 0) is 6.42 Å². The quantitative estimate of drug-likeness (QED) is 0.539. The summed E-state index contributed by atoms with van der Waals surface area (Å²) in [6.45, 7) is 0. The molecule has 0 aliphatic heterocycles. The fourth-order valence-electron chi connectivity index (χ4n) is 3.09. The minimum absolute atomic E-state index is 0.192. The Morgan fingerprint density at radius 2 is 1.89 bits per heavy atom. The molecule has 2 aromatic carbocycles. The molecule has 1 aliphatic carbocycles. The van der Waals surface area contributed by atoms with Gasteiger partial charge in [0.05, 0.1) is 17.6 Å². The van der Waals surface area contributed by atoms with E-state index in [4.69, 9.17) is 9.94 Å². The Morgan fingerprint density at radius 1 is 1.04 bits per heavy atom. The zero-order valence-corrected chi connectivity index (χ0v) is 14.4. The lowest BCUT2D eigenvalue weighted by atomic mass is 10.1. The first-order valence-corrected chi connectivity index (χ1v) is 8.58. The number of hydrogen-bond acceptors (Lipinski definition) is 5. The van der Waals surface area contributed by atoms with Crippen LogP contribution in [0.5, 0.6) is 11.6 Å². The predicted octanol–water partition coefficient (Wildman–Crippen LogP) is 4.25. The highest BCUT2D eigenvalue weighted by molar-refractivity contribution is 6.05. The van der Waals surface area contributed by atoms with Crippen LogP contribution >= 0.6 is 0 Å². The van der Waals surface area contributed by atoms with E-state index in [1.807, 2.05) is 36.4 Å². The normalized spacial score (nSPS) is 14.0. The standard InChI is InChI=1S/C21H17N3O3/c25-21(14-5-2-1-3-6-14)23-15-9-12-20(22-13-15)27-19-8-4-7-16-17(19)10-11-18(16)24-26/h1-9,12-13,26H,10-11H2,(H,23,25)/b24-18+. The molecule has 0 saturated carbocycles. The fourth-order valence-corrected chi connectivity index (χ4v) is 3.09. The molecule has 0 saturated heterocycles. The first-order chi connectivity index (χ1) is 13.2. The Morgan fingerprint density at radius 3 is 2.63 bits per heavy atom. The predicted molar refractivity (Wildman–Crippen MR) is 102 cm³/mol. The van der Waals surface area contributed by atoms with Crippen molar-refractivity contribution in [2.45, 2.75) is 12.8 Å². The summed E-state index contributed by atoms with van der Waals surface area (Å²) in [4.78, 5) is 16.4. The number of nitrogens with zero attached hydrogens (tertiary/aromatic N) is 2. The third-order valence-electron chi connectivity index (χ3n) is 4.42. The maximum atomic E-state index is 12.2. The molecule has 27 heavy (non-hydrogen) atoms. The summed E-state index contributed by atoms with van der Waals surface area (Å²) in [5, 5.41) is 15.2. The maximum absolute atomic E-state index is 12.2. The van der Waals surface area contributed by atoms with Gasteiger partial charge in [-0.2, -0.15) is 0 Å². The van der Waals surface area contributed by atoms with E-state index in [1.165, 1.54) is 0 Å². The van der Waals surface area contributed by atoms with Crippen molar-refractivity contribution in [1.82, 2.24) is 4.98 Å². The number of pyridine rings is 1. The van der Waals surface area contributed by atoms with Gasteiger partial charge in [0.25, 0.3) is 5.91 Å². The maximum Gasteiger partial charge on any atom is 0.255 e.